The number of nitrogens with zero attached hydrogens (tertiary/aromatic N) is 7. The fraction of sp³-hybridized carbons (Fsp3) is 0. The molecule has 8 bridgehead atoms. The molecule has 2 aliphatic heterocycles. The number of hydrogen-bond donors (Lipinski definition) is 1. The van der Waals surface area contributed by atoms with Crippen LogP contribution < -0.4 is 0 Å². The van der Waals surface area contributed by atoms with Gasteiger partial charge in [0.15, 0.2) is 10.5 Å². The summed E-state index contributed by atoms with van der Waals surface area (Å²) >= 11 is 0. The van der Waals surface area contributed by atoms with E-state index in [1.165, 1.54) is 24.3 Å². The van der Waals surface area contributed by atoms with E-state index >= 15 is 0 Å². The minimum atomic E-state index is -1.42. The van der Waals surface area contributed by atoms with Crippen LogP contribution in [0.5, 0.6) is 0 Å². The van der Waals surface area contributed by atoms with Crippen LogP contribution in [0.3, 0.4) is 0 Å². The number of aromatic nitrogens is 4. The molecule has 0 unspecified atom stereocenters. The topological polar surface area (TPSA) is 219 Å². The first kappa shape index (κ1) is 24.8. The Morgan fingerprint density at radius 1 is 0.676 bits per heavy atom. The van der Waals surface area contributed by atoms with Crippen molar-refractivity contribution in [2.45, 2.75) is 0 Å². The molecule has 3 aromatic rings. The van der Waals surface area contributed by atoms with E-state index < -0.39 is 53.6 Å². The molecule has 5 heterocycles. The van der Waals surface area contributed by atoms with Gasteiger partial charge in [-0.3, -0.25) is 30.3 Å². The first-order valence-electron chi connectivity index (χ1n) is 9.89. The zero-order valence-corrected chi connectivity index (χ0v) is 19.0. The first-order chi connectivity index (χ1) is 17.1. The first-order valence-corrected chi connectivity index (χ1v) is 9.89. The summed E-state index contributed by atoms with van der Waals surface area (Å²) in [6.07, 6.45) is 5.40. The zero-order valence-electron chi connectivity index (χ0n) is 17.9. The predicted molar refractivity (Wildman–Crippen MR) is 125 cm³/mol. The normalized spacial score (nSPS) is 11.7. The SMILES string of the molecule is O=[N+]([O-])c1c([N+](=O)[O-])c2c([N+](=O)[O-])c3nc(cc4ccc(cc5nc(cc1n2[N+](=O)[O-])C=C5)[nH]4)C=C3.[Co]. The molecule has 1 N–H and O–H groups in total. The molecule has 0 spiro atoms. The van der Waals surface area contributed by atoms with Gasteiger partial charge in [-0.1, -0.05) is 0 Å². The molecule has 0 atom stereocenters. The molecule has 2 aliphatic rings. The Balaban J connectivity index is 0.00000320. The molecule has 0 saturated carbocycles. The van der Waals surface area contributed by atoms with Gasteiger partial charge < -0.3 is 4.98 Å². The third kappa shape index (κ3) is 4.19. The van der Waals surface area contributed by atoms with E-state index in [0.29, 0.717) is 16.7 Å². The molecule has 3 aromatic heterocycles. The van der Waals surface area contributed by atoms with Crippen LogP contribution in [0, 0.1) is 40.5 Å². The molecule has 17 heteroatoms. The van der Waals surface area contributed by atoms with Crippen molar-refractivity contribution in [1.82, 2.24) is 19.6 Å². The molecule has 187 valence electrons. The molecule has 16 nitrogen and oxygen atoms in total. The average Bonchev–Trinajstić information content (AvgIpc) is 3.56. The van der Waals surface area contributed by atoms with E-state index in [1.807, 2.05) is 0 Å². The Morgan fingerprint density at radius 2 is 1.19 bits per heavy atom. The van der Waals surface area contributed by atoms with Gasteiger partial charge in [-0.05, 0) is 53.2 Å². The van der Waals surface area contributed by atoms with Crippen LogP contribution in [0.25, 0.3) is 46.4 Å². The molecular weight excluding hydrogens is 539 g/mol. The van der Waals surface area contributed by atoms with Gasteiger partial charge >= 0.3 is 17.1 Å². The van der Waals surface area contributed by atoms with Gasteiger partial charge in [0.25, 0.3) is 5.52 Å². The van der Waals surface area contributed by atoms with Crippen LogP contribution in [0.2, 0.25) is 0 Å². The quantitative estimate of drug-likeness (QED) is 0.252. The van der Waals surface area contributed by atoms with Crippen molar-refractivity contribution < 1.29 is 36.6 Å². The van der Waals surface area contributed by atoms with Gasteiger partial charge in [-0.2, -0.15) is 0 Å². The largest absolute Gasteiger partial charge is 0.385 e. The third-order valence-corrected chi connectivity index (χ3v) is 5.28. The Labute approximate surface area is 213 Å². The Morgan fingerprint density at radius 3 is 1.73 bits per heavy atom. The number of fused-ring (bicyclic) bond motifs is 8. The zero-order chi connectivity index (χ0) is 25.7. The van der Waals surface area contributed by atoms with Gasteiger partial charge in [-0.25, -0.2) is 20.1 Å². The van der Waals surface area contributed by atoms with Crippen molar-refractivity contribution in [2.75, 3.05) is 0 Å². The number of hydrogen-bond acceptors (Lipinski definition) is 10. The summed E-state index contributed by atoms with van der Waals surface area (Å²) in [6, 6.07) is 7.49. The molecule has 0 fully saturated rings. The molecule has 0 saturated heterocycles. The monoisotopic (exact) mass is 549 g/mol. The van der Waals surface area contributed by atoms with E-state index in [0.717, 1.165) is 12.1 Å². The van der Waals surface area contributed by atoms with Gasteiger partial charge in [0, 0.05) is 33.9 Å². The van der Waals surface area contributed by atoms with E-state index in [-0.39, 0.29) is 32.8 Å². The van der Waals surface area contributed by atoms with Gasteiger partial charge in [0.1, 0.15) is 5.69 Å². The number of H-pyrrole nitrogens is 1. The van der Waals surface area contributed by atoms with Gasteiger partial charge in [0.2, 0.25) is 0 Å². The Hall–Kier alpha value is -5.29. The Bertz CT molecular complexity index is 1770. The molecule has 1 radical (unpaired) electrons. The van der Waals surface area contributed by atoms with Crippen LogP contribution in [-0.4, -0.2) is 39.4 Å². The van der Waals surface area contributed by atoms with E-state index in [2.05, 4.69) is 15.0 Å². The number of rotatable bonds is 4. The van der Waals surface area contributed by atoms with Gasteiger partial charge in [0.05, 0.1) is 31.9 Å². The summed E-state index contributed by atoms with van der Waals surface area (Å²) in [5.41, 5.74) is -4.64. The maximum absolute atomic E-state index is 12.1. The summed E-state index contributed by atoms with van der Waals surface area (Å²) in [7, 11) is 0. The van der Waals surface area contributed by atoms with Crippen molar-refractivity contribution in [3.8, 4) is 0 Å². The molecule has 0 aromatic carbocycles. The smallest absolute Gasteiger partial charge is 0.355 e. The van der Waals surface area contributed by atoms with E-state index in [1.54, 1.807) is 18.2 Å². The fourth-order valence-electron chi connectivity index (χ4n) is 3.92. The number of nitro groups is 4. The van der Waals surface area contributed by atoms with Crippen LogP contribution >= 0.6 is 0 Å². The predicted octanol–water partition coefficient (Wildman–Crippen LogP) is 3.89. The van der Waals surface area contributed by atoms with Crippen molar-refractivity contribution >= 4 is 63.4 Å². The standard InChI is InChI=1S/C20H10N8O8.Co/c29-25(30)17-15-6-5-13(23-15)8-12-2-1-10(21-12)7-11-3-4-14(22-11)9-16-18(26(31)32)20(27(33)34)19(17)24(16)28(35)36;/h1-9,21H;. The summed E-state index contributed by atoms with van der Waals surface area (Å²) in [5, 5.41) is 46.8. The van der Waals surface area contributed by atoms with E-state index in [9.17, 15) is 40.5 Å². The van der Waals surface area contributed by atoms with Crippen LogP contribution in [0.15, 0.2) is 30.3 Å². The minimum absolute atomic E-state index is 0. The van der Waals surface area contributed by atoms with Crippen LogP contribution in [0.1, 0.15) is 22.8 Å². The van der Waals surface area contributed by atoms with Crippen molar-refractivity contribution in [3.05, 3.63) is 93.6 Å². The minimum Gasteiger partial charge on any atom is -0.355 e. The molecule has 37 heavy (non-hydrogen) atoms. The van der Waals surface area contributed by atoms with Crippen LogP contribution in [0.4, 0.5) is 17.1 Å². The van der Waals surface area contributed by atoms with Crippen molar-refractivity contribution in [1.29, 1.82) is 0 Å². The maximum Gasteiger partial charge on any atom is 0.385 e. The molecule has 0 aliphatic carbocycles. The summed E-state index contributed by atoms with van der Waals surface area (Å²) in [6.45, 7) is 0. The summed E-state index contributed by atoms with van der Waals surface area (Å²) < 4.78 is -0.0489. The number of nitrogens with one attached hydrogen (secondary N) is 1. The summed E-state index contributed by atoms with van der Waals surface area (Å²) in [5.74, 6) is 0. The second-order valence-electron chi connectivity index (χ2n) is 7.45. The molecule has 5 rings (SSSR count). The van der Waals surface area contributed by atoms with Crippen molar-refractivity contribution in [3.63, 3.8) is 0 Å². The fourth-order valence-corrected chi connectivity index (χ4v) is 3.92. The molecule has 0 amide bonds. The average molecular weight is 549 g/mol. The van der Waals surface area contributed by atoms with E-state index in [4.69, 9.17) is 0 Å². The second-order valence-corrected chi connectivity index (χ2v) is 7.45. The van der Waals surface area contributed by atoms with Crippen molar-refractivity contribution in [2.24, 2.45) is 0 Å². The second kappa shape index (κ2) is 9.05. The molecular formula is C20H10CoN8O8. The number of aromatic amines is 1. The Kier molecular flexibility index (Phi) is 6.07. The third-order valence-electron chi connectivity index (χ3n) is 5.28. The summed E-state index contributed by atoms with van der Waals surface area (Å²) in [4.78, 5) is 55.8. The van der Waals surface area contributed by atoms with Crippen LogP contribution in [-0.2, 0) is 16.8 Å². The maximum atomic E-state index is 12.1. The van der Waals surface area contributed by atoms with Gasteiger partial charge in [-0.15, -0.1) is 0 Å².